The molecule has 1 heterocycles. The third-order valence-corrected chi connectivity index (χ3v) is 9.45. The molecule has 0 radical (unpaired) electrons. The molecule has 15 nitrogen and oxygen atoms in total. The molecule has 21 heteroatoms. The molecule has 0 fully saturated rings. The van der Waals surface area contributed by atoms with E-state index in [9.17, 15) is 25.3 Å². The minimum absolute atomic E-state index is 0.156. The van der Waals surface area contributed by atoms with Crippen molar-refractivity contribution in [3.8, 4) is 0 Å². The number of hydrazine groups is 3. The van der Waals surface area contributed by atoms with Crippen molar-refractivity contribution in [2.45, 2.75) is 14.7 Å². The Labute approximate surface area is 255 Å². The molecule has 6 N–H and O–H groups in total. The van der Waals surface area contributed by atoms with Crippen molar-refractivity contribution in [1.82, 2.24) is 29.4 Å². The van der Waals surface area contributed by atoms with Gasteiger partial charge in [0.05, 0.1) is 14.7 Å². The summed E-state index contributed by atoms with van der Waals surface area (Å²) in [6.45, 7) is 0. The average Bonchev–Trinajstić information content (AvgIpc) is 2.95. The van der Waals surface area contributed by atoms with E-state index in [0.29, 0.717) is 15.1 Å². The lowest BCUT2D eigenvalue weighted by Crippen LogP contribution is -2.34. The second kappa shape index (κ2) is 12.9. The maximum atomic E-state index is 12.6. The lowest BCUT2D eigenvalue weighted by Gasteiger charge is -2.13. The van der Waals surface area contributed by atoms with Crippen LogP contribution >= 0.6 is 34.8 Å². The summed E-state index contributed by atoms with van der Waals surface area (Å²) in [5, 5.41) is 0.939. The number of nitrogens with zero attached hydrogens (tertiary/aromatic N) is 3. The Kier molecular flexibility index (Phi) is 9.70. The molecule has 0 bridgehead atoms. The van der Waals surface area contributed by atoms with Crippen molar-refractivity contribution >= 4 is 82.7 Å². The normalized spacial score (nSPS) is 12.1. The van der Waals surface area contributed by atoms with E-state index in [0.717, 1.165) is 0 Å². The summed E-state index contributed by atoms with van der Waals surface area (Å²) >= 11 is 17.4. The van der Waals surface area contributed by atoms with Crippen molar-refractivity contribution in [3.05, 3.63) is 87.9 Å². The van der Waals surface area contributed by atoms with Crippen LogP contribution in [-0.4, -0.2) is 40.2 Å². The van der Waals surface area contributed by atoms with Crippen molar-refractivity contribution in [1.29, 1.82) is 0 Å². The maximum Gasteiger partial charge on any atom is 0.257 e. The zero-order valence-electron chi connectivity index (χ0n) is 20.6. The van der Waals surface area contributed by atoms with Crippen LogP contribution in [0.15, 0.2) is 87.5 Å². The smallest absolute Gasteiger partial charge is 0.257 e. The van der Waals surface area contributed by atoms with Gasteiger partial charge in [0, 0.05) is 15.1 Å². The Morgan fingerprint density at radius 3 is 0.833 bits per heavy atom. The summed E-state index contributed by atoms with van der Waals surface area (Å²) < 4.78 is 75.8. The summed E-state index contributed by atoms with van der Waals surface area (Å²) in [5.74, 6) is -1.41. The number of anilines is 3. The van der Waals surface area contributed by atoms with Gasteiger partial charge in [-0.25, -0.2) is 25.3 Å². The molecule has 0 amide bonds. The first-order valence-electron chi connectivity index (χ1n) is 11.1. The second-order valence-electron chi connectivity index (χ2n) is 7.86. The Hall–Kier alpha value is -3.33. The molecular formula is C21H18Cl3N9O6S3. The van der Waals surface area contributed by atoms with E-state index in [2.05, 4.69) is 31.2 Å². The molecule has 0 saturated carbocycles. The highest BCUT2D eigenvalue weighted by molar-refractivity contribution is 7.90. The molecule has 4 rings (SSSR count). The summed E-state index contributed by atoms with van der Waals surface area (Å²) in [5.41, 5.74) is 6.76. The van der Waals surface area contributed by atoms with Crippen LogP contribution in [0.3, 0.4) is 0 Å². The minimum atomic E-state index is -4.16. The fourth-order valence-corrected chi connectivity index (χ4v) is 5.79. The van der Waals surface area contributed by atoms with E-state index in [1.807, 2.05) is 14.5 Å². The zero-order chi connectivity index (χ0) is 30.5. The van der Waals surface area contributed by atoms with Crippen LogP contribution < -0.4 is 30.8 Å². The maximum absolute atomic E-state index is 12.6. The number of benzene rings is 3. The first kappa shape index (κ1) is 31.6. The fraction of sp³-hybridized carbons (Fsp3) is 0. The van der Waals surface area contributed by atoms with E-state index < -0.39 is 47.9 Å². The van der Waals surface area contributed by atoms with Crippen molar-refractivity contribution < 1.29 is 25.3 Å². The van der Waals surface area contributed by atoms with Crippen LogP contribution in [0.1, 0.15) is 0 Å². The van der Waals surface area contributed by atoms with E-state index in [1.54, 1.807) is 0 Å². The zero-order valence-corrected chi connectivity index (χ0v) is 25.3. The fourth-order valence-electron chi connectivity index (χ4n) is 2.90. The molecular weight excluding hydrogens is 677 g/mol. The topological polar surface area (TPSA) is 213 Å². The molecule has 3 aromatic carbocycles. The number of halogens is 3. The Morgan fingerprint density at radius 2 is 0.619 bits per heavy atom. The van der Waals surface area contributed by atoms with Crippen LogP contribution in [0.2, 0.25) is 15.1 Å². The molecule has 0 aliphatic heterocycles. The van der Waals surface area contributed by atoms with E-state index in [1.165, 1.54) is 72.8 Å². The quantitative estimate of drug-likeness (QED) is 0.118. The second-order valence-corrected chi connectivity index (χ2v) is 14.2. The largest absolute Gasteiger partial charge is 0.275 e. The third-order valence-electron chi connectivity index (χ3n) is 4.90. The first-order valence-corrected chi connectivity index (χ1v) is 16.7. The first-order chi connectivity index (χ1) is 19.7. The summed E-state index contributed by atoms with van der Waals surface area (Å²) in [7, 11) is -12.5. The van der Waals surface area contributed by atoms with Gasteiger partial charge >= 0.3 is 0 Å². The standard InChI is InChI=1S/C21H18Cl3N9O6S3/c22-13-1-7-16(8-2-13)40(34,35)31-28-19-25-20(29-32-41(36,37)17-9-3-14(23)4-10-17)27-21(26-19)30-33-42(38,39)18-11-5-15(24)6-12-18/h1-12,31-33H,(H3,25,26,27,28,29,30). The van der Waals surface area contributed by atoms with Crippen molar-refractivity contribution in [3.63, 3.8) is 0 Å². The minimum Gasteiger partial charge on any atom is -0.275 e. The summed E-state index contributed by atoms with van der Waals surface area (Å²) in [6, 6.07) is 15.7. The molecule has 0 aliphatic rings. The molecule has 0 aliphatic carbocycles. The van der Waals surface area contributed by atoms with Gasteiger partial charge in [-0.3, -0.25) is 16.3 Å². The summed E-state index contributed by atoms with van der Waals surface area (Å²) in [6.07, 6.45) is 0. The Morgan fingerprint density at radius 1 is 0.405 bits per heavy atom. The molecule has 222 valence electrons. The average molecular weight is 695 g/mol. The Balaban J connectivity index is 1.57. The van der Waals surface area contributed by atoms with Crippen molar-refractivity contribution in [2.24, 2.45) is 0 Å². The molecule has 1 aromatic heterocycles. The highest BCUT2D eigenvalue weighted by Gasteiger charge is 2.19. The lowest BCUT2D eigenvalue weighted by molar-refractivity contribution is 0.586. The van der Waals surface area contributed by atoms with Crippen molar-refractivity contribution in [2.75, 3.05) is 16.3 Å². The van der Waals surface area contributed by atoms with Gasteiger partial charge in [0.1, 0.15) is 0 Å². The van der Waals surface area contributed by atoms with Gasteiger partial charge in [-0.2, -0.15) is 15.0 Å². The van der Waals surface area contributed by atoms with E-state index in [-0.39, 0.29) is 14.7 Å². The number of hydrogen-bond acceptors (Lipinski definition) is 12. The molecule has 0 saturated heterocycles. The Bertz CT molecular complexity index is 1660. The van der Waals surface area contributed by atoms with Crippen LogP contribution in [0.25, 0.3) is 0 Å². The predicted molar refractivity (Wildman–Crippen MR) is 156 cm³/mol. The monoisotopic (exact) mass is 693 g/mol. The molecule has 0 atom stereocenters. The lowest BCUT2D eigenvalue weighted by atomic mass is 10.4. The molecule has 4 aromatic rings. The van der Waals surface area contributed by atoms with Crippen LogP contribution in [-0.2, 0) is 30.1 Å². The molecule has 42 heavy (non-hydrogen) atoms. The van der Waals surface area contributed by atoms with Gasteiger partial charge in [0.15, 0.2) is 0 Å². The third kappa shape index (κ3) is 8.37. The SMILES string of the molecule is O=S(=O)(NNc1nc(NNS(=O)(=O)c2ccc(Cl)cc2)nc(NNS(=O)(=O)c2ccc(Cl)cc2)n1)c1ccc(Cl)cc1. The highest BCUT2D eigenvalue weighted by Crippen LogP contribution is 2.17. The number of sulfonamides is 3. The van der Waals surface area contributed by atoms with E-state index in [4.69, 9.17) is 34.8 Å². The van der Waals surface area contributed by atoms with Gasteiger partial charge in [-0.1, -0.05) is 34.8 Å². The molecule has 0 unspecified atom stereocenters. The number of hydrogen-bond donors (Lipinski definition) is 6. The molecule has 0 spiro atoms. The van der Waals surface area contributed by atoms with Gasteiger partial charge in [0.25, 0.3) is 30.1 Å². The van der Waals surface area contributed by atoms with Crippen LogP contribution in [0.5, 0.6) is 0 Å². The van der Waals surface area contributed by atoms with E-state index >= 15 is 0 Å². The van der Waals surface area contributed by atoms with Gasteiger partial charge < -0.3 is 0 Å². The predicted octanol–water partition coefficient (Wildman–Crippen LogP) is 2.75. The number of rotatable bonds is 12. The van der Waals surface area contributed by atoms with Gasteiger partial charge in [-0.15, -0.1) is 14.5 Å². The van der Waals surface area contributed by atoms with Crippen LogP contribution in [0.4, 0.5) is 17.8 Å². The van der Waals surface area contributed by atoms with Gasteiger partial charge in [-0.05, 0) is 72.8 Å². The number of aromatic nitrogens is 3. The van der Waals surface area contributed by atoms with Crippen LogP contribution in [0, 0.1) is 0 Å². The highest BCUT2D eigenvalue weighted by atomic mass is 35.5. The number of nitrogens with one attached hydrogen (secondary N) is 6. The van der Waals surface area contributed by atoms with Gasteiger partial charge in [0.2, 0.25) is 17.8 Å². The summed E-state index contributed by atoms with van der Waals surface area (Å²) in [4.78, 5) is 17.3.